The Morgan fingerprint density at radius 3 is 2.61 bits per heavy atom. The van der Waals surface area contributed by atoms with E-state index in [1.54, 1.807) is 0 Å². The van der Waals surface area contributed by atoms with Crippen molar-refractivity contribution in [3.05, 3.63) is 23.4 Å². The Morgan fingerprint density at radius 1 is 1.09 bits per heavy atom. The minimum atomic E-state index is 0.596. The second kappa shape index (κ2) is 8.14. The zero-order valence-corrected chi connectivity index (χ0v) is 15.1. The molecule has 1 atom stereocenters. The lowest BCUT2D eigenvalue weighted by Gasteiger charge is -2.37. The van der Waals surface area contributed by atoms with Crippen molar-refractivity contribution in [2.45, 2.75) is 71.3 Å². The molecule has 1 aromatic heterocycles. The minimum absolute atomic E-state index is 0.596. The summed E-state index contributed by atoms with van der Waals surface area (Å²) in [6, 6.07) is 2.94. The maximum Gasteiger partial charge on any atom is 0.128 e. The van der Waals surface area contributed by atoms with Crippen molar-refractivity contribution in [2.24, 2.45) is 0 Å². The summed E-state index contributed by atoms with van der Waals surface area (Å²) in [5.74, 6) is 1.20. The van der Waals surface area contributed by atoms with Gasteiger partial charge in [0.1, 0.15) is 5.82 Å². The van der Waals surface area contributed by atoms with E-state index in [9.17, 15) is 0 Å². The molecule has 0 N–H and O–H groups in total. The number of aromatic nitrogens is 1. The lowest BCUT2D eigenvalue weighted by Crippen LogP contribution is -2.35. The van der Waals surface area contributed by atoms with Crippen LogP contribution in [0, 0.1) is 6.92 Å². The summed E-state index contributed by atoms with van der Waals surface area (Å²) in [4.78, 5) is 10.0. The van der Waals surface area contributed by atoms with Crippen molar-refractivity contribution in [2.75, 3.05) is 31.1 Å². The highest BCUT2D eigenvalue weighted by molar-refractivity contribution is 5.44. The average molecular weight is 316 g/mol. The molecule has 128 valence electrons. The van der Waals surface area contributed by atoms with E-state index in [0.29, 0.717) is 6.04 Å². The van der Waals surface area contributed by atoms with Crippen molar-refractivity contribution in [1.82, 2.24) is 9.88 Å². The summed E-state index contributed by atoms with van der Waals surface area (Å²) in [7, 11) is 0. The van der Waals surface area contributed by atoms with Gasteiger partial charge in [-0.15, -0.1) is 0 Å². The topological polar surface area (TPSA) is 19.4 Å². The van der Waals surface area contributed by atoms with Gasteiger partial charge in [0, 0.05) is 25.3 Å². The van der Waals surface area contributed by atoms with Crippen molar-refractivity contribution in [3.8, 4) is 0 Å². The number of nitrogens with zero attached hydrogens (tertiary/aromatic N) is 3. The molecule has 3 heteroatoms. The Labute approximate surface area is 142 Å². The molecule has 0 unspecified atom stereocenters. The average Bonchev–Trinajstić information content (AvgIpc) is 2.61. The fourth-order valence-electron chi connectivity index (χ4n) is 4.17. The van der Waals surface area contributed by atoms with Gasteiger partial charge in [0.15, 0.2) is 0 Å². The molecule has 1 aromatic rings. The zero-order valence-electron chi connectivity index (χ0n) is 15.1. The molecule has 3 heterocycles. The highest BCUT2D eigenvalue weighted by Gasteiger charge is 2.25. The van der Waals surface area contributed by atoms with Gasteiger partial charge < -0.3 is 4.90 Å². The molecule has 2 saturated heterocycles. The summed E-state index contributed by atoms with van der Waals surface area (Å²) in [6.45, 7) is 9.44. The molecule has 2 fully saturated rings. The third kappa shape index (κ3) is 4.06. The second-order valence-corrected chi connectivity index (χ2v) is 7.35. The number of pyridine rings is 1. The normalized spacial score (nSPS) is 23.2. The molecular weight excluding hydrogens is 282 g/mol. The molecule has 0 aliphatic carbocycles. The summed E-state index contributed by atoms with van der Waals surface area (Å²) < 4.78 is 0. The van der Waals surface area contributed by atoms with Crippen molar-refractivity contribution in [3.63, 3.8) is 0 Å². The van der Waals surface area contributed by atoms with Crippen LogP contribution in [0.3, 0.4) is 0 Å². The van der Waals surface area contributed by atoms with Gasteiger partial charge in [-0.1, -0.05) is 19.8 Å². The van der Waals surface area contributed by atoms with Gasteiger partial charge in [-0.25, -0.2) is 4.98 Å². The highest BCUT2D eigenvalue weighted by Crippen LogP contribution is 2.33. The molecule has 23 heavy (non-hydrogen) atoms. The van der Waals surface area contributed by atoms with E-state index in [1.807, 2.05) is 0 Å². The number of hydrogen-bond donors (Lipinski definition) is 0. The lowest BCUT2D eigenvalue weighted by molar-refractivity contribution is 0.146. The summed E-state index contributed by atoms with van der Waals surface area (Å²) in [6.07, 6.45) is 12.8. The Kier molecular flexibility index (Phi) is 5.93. The first-order chi connectivity index (χ1) is 11.3. The monoisotopic (exact) mass is 315 g/mol. The van der Waals surface area contributed by atoms with Crippen LogP contribution in [0.25, 0.3) is 0 Å². The van der Waals surface area contributed by atoms with E-state index >= 15 is 0 Å². The van der Waals surface area contributed by atoms with Crippen LogP contribution in [-0.4, -0.2) is 36.1 Å². The first-order valence-corrected chi connectivity index (χ1v) is 9.75. The molecule has 2 aliphatic rings. The number of likely N-dealkylation sites (tertiary alicyclic amines) is 1. The Balaban J connectivity index is 1.75. The quantitative estimate of drug-likeness (QED) is 0.784. The summed E-state index contributed by atoms with van der Waals surface area (Å²) in [5, 5.41) is 0. The SMILES string of the molecule is CCCCN1CCCC[C@H]1c1cnc(N2CCCCC2)cc1C. The number of hydrogen-bond acceptors (Lipinski definition) is 3. The molecular formula is C20H33N3. The molecule has 0 aromatic carbocycles. The van der Waals surface area contributed by atoms with Crippen LogP contribution in [0.1, 0.15) is 75.5 Å². The van der Waals surface area contributed by atoms with Gasteiger partial charge in [-0.05, 0) is 75.7 Å². The van der Waals surface area contributed by atoms with Crippen molar-refractivity contribution in [1.29, 1.82) is 0 Å². The van der Waals surface area contributed by atoms with Crippen molar-refractivity contribution < 1.29 is 0 Å². The van der Waals surface area contributed by atoms with E-state index in [0.717, 1.165) is 0 Å². The lowest BCUT2D eigenvalue weighted by atomic mass is 9.93. The Morgan fingerprint density at radius 2 is 1.87 bits per heavy atom. The van der Waals surface area contributed by atoms with Crippen LogP contribution in [0.5, 0.6) is 0 Å². The smallest absolute Gasteiger partial charge is 0.128 e. The first kappa shape index (κ1) is 16.8. The highest BCUT2D eigenvalue weighted by atomic mass is 15.2. The third-order valence-electron chi connectivity index (χ3n) is 5.59. The predicted molar refractivity (Wildman–Crippen MR) is 98.1 cm³/mol. The number of rotatable bonds is 5. The van der Waals surface area contributed by atoms with E-state index in [-0.39, 0.29) is 0 Å². The third-order valence-corrected chi connectivity index (χ3v) is 5.59. The molecule has 2 aliphatic heterocycles. The fourth-order valence-corrected chi connectivity index (χ4v) is 4.17. The number of piperidine rings is 2. The van der Waals surface area contributed by atoms with Gasteiger partial charge in [0.25, 0.3) is 0 Å². The molecule has 0 bridgehead atoms. The van der Waals surface area contributed by atoms with Crippen LogP contribution in [0.15, 0.2) is 12.3 Å². The standard InChI is InChI=1S/C20H33N3/c1-3-4-11-22-12-9-6-10-19(22)18-16-21-20(15-17(18)2)23-13-7-5-8-14-23/h15-16,19H,3-14H2,1-2H3/t19-/m0/s1. The number of unbranched alkanes of at least 4 members (excludes halogenated alkanes) is 1. The van der Waals surface area contributed by atoms with Crippen LogP contribution >= 0.6 is 0 Å². The van der Waals surface area contributed by atoms with E-state index in [1.165, 1.54) is 94.5 Å². The van der Waals surface area contributed by atoms with Crippen LogP contribution < -0.4 is 4.90 Å². The maximum absolute atomic E-state index is 4.85. The second-order valence-electron chi connectivity index (χ2n) is 7.35. The minimum Gasteiger partial charge on any atom is -0.357 e. The van der Waals surface area contributed by atoms with Crippen LogP contribution in [0.4, 0.5) is 5.82 Å². The molecule has 3 rings (SSSR count). The summed E-state index contributed by atoms with van der Waals surface area (Å²) >= 11 is 0. The molecule has 0 spiro atoms. The number of anilines is 1. The van der Waals surface area contributed by atoms with Gasteiger partial charge >= 0.3 is 0 Å². The fraction of sp³-hybridized carbons (Fsp3) is 0.750. The van der Waals surface area contributed by atoms with E-state index < -0.39 is 0 Å². The zero-order chi connectivity index (χ0) is 16.1. The van der Waals surface area contributed by atoms with E-state index in [4.69, 9.17) is 4.98 Å². The van der Waals surface area contributed by atoms with Gasteiger partial charge in [-0.3, -0.25) is 4.90 Å². The Hall–Kier alpha value is -1.09. The maximum atomic E-state index is 4.85. The molecule has 3 nitrogen and oxygen atoms in total. The van der Waals surface area contributed by atoms with Crippen LogP contribution in [0.2, 0.25) is 0 Å². The molecule has 0 radical (unpaired) electrons. The molecule has 0 amide bonds. The molecule has 0 saturated carbocycles. The van der Waals surface area contributed by atoms with Gasteiger partial charge in [0.2, 0.25) is 0 Å². The summed E-state index contributed by atoms with van der Waals surface area (Å²) in [5.41, 5.74) is 2.91. The van der Waals surface area contributed by atoms with Gasteiger partial charge in [0.05, 0.1) is 0 Å². The predicted octanol–water partition coefficient (Wildman–Crippen LogP) is 4.71. The first-order valence-electron chi connectivity index (χ1n) is 9.75. The largest absolute Gasteiger partial charge is 0.357 e. The number of aryl methyl sites for hydroxylation is 1. The van der Waals surface area contributed by atoms with Crippen molar-refractivity contribution >= 4 is 5.82 Å². The van der Waals surface area contributed by atoms with E-state index in [2.05, 4.69) is 35.9 Å². The Bertz CT molecular complexity index is 494. The van der Waals surface area contributed by atoms with Crippen LogP contribution in [-0.2, 0) is 0 Å². The van der Waals surface area contributed by atoms with Gasteiger partial charge in [-0.2, -0.15) is 0 Å².